The Balaban J connectivity index is 1.71. The highest BCUT2D eigenvalue weighted by Crippen LogP contribution is 2.59. The Labute approximate surface area is 87.2 Å². The molecule has 0 N–H and O–H groups in total. The van der Waals surface area contributed by atoms with Crippen LogP contribution in [0.5, 0.6) is 0 Å². The van der Waals surface area contributed by atoms with Crippen LogP contribution in [0.4, 0.5) is 0 Å². The third-order valence-corrected chi connectivity index (χ3v) is 4.81. The summed E-state index contributed by atoms with van der Waals surface area (Å²) < 4.78 is 6.05. The van der Waals surface area contributed by atoms with Gasteiger partial charge in [0.15, 0.2) is 0 Å². The van der Waals surface area contributed by atoms with E-state index in [2.05, 4.69) is 13.8 Å². The maximum Gasteiger partial charge on any atom is 0.0612 e. The second-order valence-electron chi connectivity index (χ2n) is 5.88. The lowest BCUT2D eigenvalue weighted by atomic mass is 9.80. The first-order chi connectivity index (χ1) is 6.75. The van der Waals surface area contributed by atoms with Crippen molar-refractivity contribution in [1.29, 1.82) is 0 Å². The van der Waals surface area contributed by atoms with Crippen LogP contribution in [0.15, 0.2) is 0 Å². The molecule has 14 heavy (non-hydrogen) atoms. The van der Waals surface area contributed by atoms with E-state index < -0.39 is 0 Å². The smallest absolute Gasteiger partial charge is 0.0612 e. The molecule has 80 valence electrons. The number of hydrogen-bond acceptors (Lipinski definition) is 1. The van der Waals surface area contributed by atoms with Crippen molar-refractivity contribution in [3.8, 4) is 0 Å². The van der Waals surface area contributed by atoms with Gasteiger partial charge in [-0.1, -0.05) is 6.42 Å². The second kappa shape index (κ2) is 3.23. The zero-order chi connectivity index (χ0) is 9.71. The molecule has 0 aromatic carbocycles. The summed E-state index contributed by atoms with van der Waals surface area (Å²) in [6.07, 6.45) is 8.45. The van der Waals surface area contributed by atoms with E-state index in [-0.39, 0.29) is 0 Å². The van der Waals surface area contributed by atoms with E-state index in [1.807, 2.05) is 0 Å². The number of ether oxygens (including phenoxy) is 1. The zero-order valence-electron chi connectivity index (χ0n) is 9.41. The van der Waals surface area contributed by atoms with Gasteiger partial charge in [-0.25, -0.2) is 0 Å². The summed E-state index contributed by atoms with van der Waals surface area (Å²) >= 11 is 0. The summed E-state index contributed by atoms with van der Waals surface area (Å²) in [5, 5.41) is 0. The number of fused-ring (bicyclic) bond motifs is 5. The molecule has 3 fully saturated rings. The van der Waals surface area contributed by atoms with Crippen molar-refractivity contribution in [2.45, 2.75) is 58.2 Å². The first kappa shape index (κ1) is 9.21. The maximum absolute atomic E-state index is 6.05. The monoisotopic (exact) mass is 194 g/mol. The standard InChI is InChI=1S/C13H22O/c1-8(2)14-13-7-9-6-12(13)11-5-3-4-10(9)11/h8-13H,3-7H2,1-2H3/t9?,10?,11?,12?,13-/m0/s1. The fourth-order valence-electron chi connectivity index (χ4n) is 4.51. The molecule has 0 radical (unpaired) electrons. The quantitative estimate of drug-likeness (QED) is 0.655. The van der Waals surface area contributed by atoms with Crippen LogP contribution < -0.4 is 0 Å². The molecule has 1 nitrogen and oxygen atoms in total. The van der Waals surface area contributed by atoms with Gasteiger partial charge in [-0.2, -0.15) is 0 Å². The molecule has 1 heteroatoms. The lowest BCUT2D eigenvalue weighted by Crippen LogP contribution is -2.32. The normalized spacial score (nSPS) is 50.4. The lowest BCUT2D eigenvalue weighted by molar-refractivity contribution is -0.0430. The summed E-state index contributed by atoms with van der Waals surface area (Å²) in [6, 6.07) is 0. The Morgan fingerprint density at radius 2 is 1.79 bits per heavy atom. The van der Waals surface area contributed by atoms with E-state index >= 15 is 0 Å². The van der Waals surface area contributed by atoms with Crippen LogP contribution in [0.25, 0.3) is 0 Å². The molecule has 0 aliphatic heterocycles. The fourth-order valence-corrected chi connectivity index (χ4v) is 4.51. The Kier molecular flexibility index (Phi) is 2.12. The third-order valence-electron chi connectivity index (χ3n) is 4.81. The molecule has 0 spiro atoms. The van der Waals surface area contributed by atoms with Gasteiger partial charge >= 0.3 is 0 Å². The molecule has 3 aliphatic carbocycles. The van der Waals surface area contributed by atoms with Gasteiger partial charge in [-0.15, -0.1) is 0 Å². The molecule has 4 unspecified atom stereocenters. The average Bonchev–Trinajstić information content (AvgIpc) is 2.68. The van der Waals surface area contributed by atoms with E-state index in [1.165, 1.54) is 32.1 Å². The van der Waals surface area contributed by atoms with Crippen LogP contribution in [0, 0.1) is 23.7 Å². The van der Waals surface area contributed by atoms with Gasteiger partial charge in [0.1, 0.15) is 0 Å². The summed E-state index contributed by atoms with van der Waals surface area (Å²) in [4.78, 5) is 0. The molecule has 0 saturated heterocycles. The van der Waals surface area contributed by atoms with E-state index in [1.54, 1.807) is 0 Å². The van der Waals surface area contributed by atoms with Crippen LogP contribution >= 0.6 is 0 Å². The van der Waals surface area contributed by atoms with Gasteiger partial charge < -0.3 is 4.74 Å². The highest BCUT2D eigenvalue weighted by atomic mass is 16.5. The highest BCUT2D eigenvalue weighted by Gasteiger charge is 2.54. The number of hydrogen-bond donors (Lipinski definition) is 0. The van der Waals surface area contributed by atoms with E-state index in [4.69, 9.17) is 4.74 Å². The van der Waals surface area contributed by atoms with E-state index in [9.17, 15) is 0 Å². The average molecular weight is 194 g/mol. The Morgan fingerprint density at radius 3 is 2.57 bits per heavy atom. The molecular formula is C13H22O. The van der Waals surface area contributed by atoms with Crippen LogP contribution in [0.1, 0.15) is 46.0 Å². The molecule has 5 atom stereocenters. The third kappa shape index (κ3) is 1.25. The SMILES string of the molecule is CC(C)O[C@H]1CC2CC1C1CCCC21. The van der Waals surface area contributed by atoms with Gasteiger partial charge in [0.2, 0.25) is 0 Å². The van der Waals surface area contributed by atoms with Crippen LogP contribution in [-0.4, -0.2) is 12.2 Å². The van der Waals surface area contributed by atoms with Crippen molar-refractivity contribution in [3.05, 3.63) is 0 Å². The Morgan fingerprint density at radius 1 is 1.00 bits per heavy atom. The minimum atomic E-state index is 0.430. The fraction of sp³-hybridized carbons (Fsp3) is 1.00. The van der Waals surface area contributed by atoms with E-state index in [0.29, 0.717) is 12.2 Å². The van der Waals surface area contributed by atoms with Gasteiger partial charge in [-0.05, 0) is 63.2 Å². The van der Waals surface area contributed by atoms with Crippen molar-refractivity contribution in [3.63, 3.8) is 0 Å². The Hall–Kier alpha value is -0.0400. The van der Waals surface area contributed by atoms with Crippen molar-refractivity contribution in [1.82, 2.24) is 0 Å². The number of rotatable bonds is 2. The predicted molar refractivity (Wildman–Crippen MR) is 57.1 cm³/mol. The predicted octanol–water partition coefficient (Wildman–Crippen LogP) is 3.24. The first-order valence-corrected chi connectivity index (χ1v) is 6.41. The van der Waals surface area contributed by atoms with Crippen molar-refractivity contribution in [2.24, 2.45) is 23.7 Å². The summed E-state index contributed by atoms with van der Waals surface area (Å²) in [5.41, 5.74) is 0. The van der Waals surface area contributed by atoms with Gasteiger partial charge in [0, 0.05) is 0 Å². The minimum absolute atomic E-state index is 0.430. The molecule has 3 rings (SSSR count). The summed E-state index contributed by atoms with van der Waals surface area (Å²) in [7, 11) is 0. The first-order valence-electron chi connectivity index (χ1n) is 6.41. The highest BCUT2D eigenvalue weighted by molar-refractivity contribution is 5.03. The van der Waals surface area contributed by atoms with Crippen molar-refractivity contribution in [2.75, 3.05) is 0 Å². The second-order valence-corrected chi connectivity index (χ2v) is 5.88. The van der Waals surface area contributed by atoms with Gasteiger partial charge in [0.05, 0.1) is 12.2 Å². The molecule has 3 aliphatic rings. The lowest BCUT2D eigenvalue weighted by Gasteiger charge is -2.32. The molecule has 0 aromatic rings. The van der Waals surface area contributed by atoms with Crippen LogP contribution in [-0.2, 0) is 4.74 Å². The van der Waals surface area contributed by atoms with Gasteiger partial charge in [-0.3, -0.25) is 0 Å². The Bertz CT molecular complexity index is 223. The van der Waals surface area contributed by atoms with Crippen LogP contribution in [0.3, 0.4) is 0 Å². The van der Waals surface area contributed by atoms with Gasteiger partial charge in [0.25, 0.3) is 0 Å². The maximum atomic E-state index is 6.05. The summed E-state index contributed by atoms with van der Waals surface area (Å²) in [6.45, 7) is 4.36. The molecule has 0 heterocycles. The summed E-state index contributed by atoms with van der Waals surface area (Å²) in [5.74, 6) is 4.13. The van der Waals surface area contributed by atoms with E-state index in [0.717, 1.165) is 23.7 Å². The molecule has 0 amide bonds. The zero-order valence-corrected chi connectivity index (χ0v) is 9.41. The minimum Gasteiger partial charge on any atom is -0.375 e. The topological polar surface area (TPSA) is 9.23 Å². The largest absolute Gasteiger partial charge is 0.375 e. The molecule has 3 saturated carbocycles. The van der Waals surface area contributed by atoms with Crippen molar-refractivity contribution >= 4 is 0 Å². The molecular weight excluding hydrogens is 172 g/mol. The van der Waals surface area contributed by atoms with Crippen LogP contribution in [0.2, 0.25) is 0 Å². The molecule has 2 bridgehead atoms. The molecule has 0 aromatic heterocycles. The van der Waals surface area contributed by atoms with Crippen molar-refractivity contribution < 1.29 is 4.74 Å².